The topological polar surface area (TPSA) is 32.3 Å². The fourth-order valence-electron chi connectivity index (χ4n) is 3.46. The van der Waals surface area contributed by atoms with Crippen molar-refractivity contribution in [2.24, 2.45) is 5.92 Å². The number of carbonyl (C=O) groups excluding carboxylic acids is 1. The first-order valence-corrected chi connectivity index (χ1v) is 8.09. The summed E-state index contributed by atoms with van der Waals surface area (Å²) in [6.07, 6.45) is 4.05. The lowest BCUT2D eigenvalue weighted by Crippen LogP contribution is -2.37. The lowest BCUT2D eigenvalue weighted by molar-refractivity contribution is -0.132. The van der Waals surface area contributed by atoms with Crippen molar-refractivity contribution in [1.82, 2.24) is 10.2 Å². The molecule has 3 nitrogen and oxygen atoms in total. The number of hydrogen-bond acceptors (Lipinski definition) is 2. The molecule has 128 valence electrons. The van der Waals surface area contributed by atoms with E-state index >= 15 is 0 Å². The fourth-order valence-corrected chi connectivity index (χ4v) is 3.46. The van der Waals surface area contributed by atoms with Gasteiger partial charge in [-0.25, -0.2) is 8.78 Å². The summed E-state index contributed by atoms with van der Waals surface area (Å²) in [7, 11) is 0. The number of rotatable bonds is 3. The Morgan fingerprint density at radius 2 is 1.83 bits per heavy atom. The summed E-state index contributed by atoms with van der Waals surface area (Å²) in [6.45, 7) is 2.74. The Balaban J connectivity index is 0.00000192. The van der Waals surface area contributed by atoms with Gasteiger partial charge in [0.2, 0.25) is 5.91 Å². The average molecular weight is 345 g/mol. The van der Waals surface area contributed by atoms with Crippen LogP contribution in [0.25, 0.3) is 0 Å². The molecule has 3 rings (SSSR count). The molecule has 1 amide bonds. The minimum atomic E-state index is -0.410. The first-order valence-electron chi connectivity index (χ1n) is 8.09. The molecule has 0 spiro atoms. The molecular formula is C17H23ClF2N2O. The SMILES string of the molecule is Cl.O=C(CCC1CCNCC1)N1CCc2c(F)ccc(F)c2C1. The van der Waals surface area contributed by atoms with Gasteiger partial charge in [-0.2, -0.15) is 0 Å². The predicted molar refractivity (Wildman–Crippen MR) is 87.6 cm³/mol. The second-order valence-corrected chi connectivity index (χ2v) is 6.28. The molecule has 0 bridgehead atoms. The molecule has 0 unspecified atom stereocenters. The van der Waals surface area contributed by atoms with Crippen LogP contribution in [0.5, 0.6) is 0 Å². The van der Waals surface area contributed by atoms with Crippen LogP contribution in [0.1, 0.15) is 36.8 Å². The van der Waals surface area contributed by atoms with Crippen LogP contribution < -0.4 is 5.32 Å². The van der Waals surface area contributed by atoms with Crippen molar-refractivity contribution in [3.8, 4) is 0 Å². The molecule has 23 heavy (non-hydrogen) atoms. The third-order valence-corrected chi connectivity index (χ3v) is 4.88. The maximum Gasteiger partial charge on any atom is 0.222 e. The van der Waals surface area contributed by atoms with Gasteiger partial charge in [-0.15, -0.1) is 12.4 Å². The summed E-state index contributed by atoms with van der Waals surface area (Å²) in [5.74, 6) is -0.102. The Labute approximate surface area is 141 Å². The molecule has 2 aliphatic heterocycles. The van der Waals surface area contributed by atoms with Crippen LogP contribution in [-0.4, -0.2) is 30.4 Å². The van der Waals surface area contributed by atoms with Gasteiger partial charge in [-0.1, -0.05) is 0 Å². The number of nitrogens with one attached hydrogen (secondary N) is 1. The molecule has 1 aromatic carbocycles. The third kappa shape index (κ3) is 4.21. The Morgan fingerprint density at radius 1 is 1.17 bits per heavy atom. The molecule has 0 radical (unpaired) electrons. The number of hydrogen-bond donors (Lipinski definition) is 1. The van der Waals surface area contributed by atoms with E-state index in [1.165, 1.54) is 6.07 Å². The van der Waals surface area contributed by atoms with E-state index in [4.69, 9.17) is 0 Å². The van der Waals surface area contributed by atoms with E-state index in [-0.39, 0.29) is 30.7 Å². The minimum Gasteiger partial charge on any atom is -0.338 e. The maximum absolute atomic E-state index is 13.9. The van der Waals surface area contributed by atoms with Crippen molar-refractivity contribution in [3.05, 3.63) is 34.9 Å². The number of piperidine rings is 1. The molecule has 1 fully saturated rings. The van der Waals surface area contributed by atoms with Crippen molar-refractivity contribution in [2.75, 3.05) is 19.6 Å². The molecule has 1 saturated heterocycles. The van der Waals surface area contributed by atoms with Crippen LogP contribution in [0, 0.1) is 17.6 Å². The van der Waals surface area contributed by atoms with Crippen molar-refractivity contribution < 1.29 is 13.6 Å². The van der Waals surface area contributed by atoms with E-state index < -0.39 is 5.82 Å². The van der Waals surface area contributed by atoms with E-state index in [1.54, 1.807) is 4.90 Å². The molecule has 1 aromatic rings. The van der Waals surface area contributed by atoms with Crippen LogP contribution in [-0.2, 0) is 17.8 Å². The number of carbonyl (C=O) groups is 1. The average Bonchev–Trinajstić information content (AvgIpc) is 2.57. The molecule has 6 heteroatoms. The van der Waals surface area contributed by atoms with E-state index in [1.807, 2.05) is 0 Å². The zero-order chi connectivity index (χ0) is 15.5. The zero-order valence-corrected chi connectivity index (χ0v) is 13.9. The monoisotopic (exact) mass is 344 g/mol. The van der Waals surface area contributed by atoms with E-state index in [2.05, 4.69) is 5.32 Å². The Bertz CT molecular complexity index is 562. The van der Waals surface area contributed by atoms with Gasteiger partial charge in [0, 0.05) is 25.1 Å². The Kier molecular flexibility index (Phi) is 6.36. The molecule has 2 heterocycles. The van der Waals surface area contributed by atoms with Crippen molar-refractivity contribution in [3.63, 3.8) is 0 Å². The largest absolute Gasteiger partial charge is 0.338 e. The second kappa shape index (κ2) is 8.06. The van der Waals surface area contributed by atoms with Gasteiger partial charge >= 0.3 is 0 Å². The summed E-state index contributed by atoms with van der Waals surface area (Å²) in [4.78, 5) is 14.0. The van der Waals surface area contributed by atoms with Gasteiger partial charge in [-0.3, -0.25) is 4.79 Å². The van der Waals surface area contributed by atoms with Gasteiger partial charge in [0.15, 0.2) is 0 Å². The lowest BCUT2D eigenvalue weighted by atomic mass is 9.92. The normalized spacial score (nSPS) is 18.3. The highest BCUT2D eigenvalue weighted by molar-refractivity contribution is 5.85. The molecule has 0 aromatic heterocycles. The standard InChI is InChI=1S/C17H22F2N2O.ClH/c18-15-2-3-16(19)14-11-21(10-7-13(14)15)17(22)4-1-12-5-8-20-9-6-12;/h2-3,12,20H,1,4-11H2;1H. The highest BCUT2D eigenvalue weighted by Crippen LogP contribution is 2.26. The maximum atomic E-state index is 13.9. The van der Waals surface area contributed by atoms with Crippen LogP contribution in [0.3, 0.4) is 0 Å². The second-order valence-electron chi connectivity index (χ2n) is 6.28. The summed E-state index contributed by atoms with van der Waals surface area (Å²) in [5.41, 5.74) is 0.781. The van der Waals surface area contributed by atoms with Gasteiger partial charge in [-0.05, 0) is 62.4 Å². The van der Waals surface area contributed by atoms with Crippen LogP contribution in [0.15, 0.2) is 12.1 Å². The zero-order valence-electron chi connectivity index (χ0n) is 13.1. The summed E-state index contributed by atoms with van der Waals surface area (Å²) in [5, 5.41) is 3.32. The van der Waals surface area contributed by atoms with Gasteiger partial charge in [0.25, 0.3) is 0 Å². The van der Waals surface area contributed by atoms with Gasteiger partial charge in [0.1, 0.15) is 11.6 Å². The smallest absolute Gasteiger partial charge is 0.222 e. The summed E-state index contributed by atoms with van der Waals surface area (Å²) < 4.78 is 27.5. The molecule has 0 atom stereocenters. The van der Waals surface area contributed by atoms with E-state index in [9.17, 15) is 13.6 Å². The predicted octanol–water partition coefficient (Wildman–Crippen LogP) is 3.05. The molecule has 2 aliphatic rings. The van der Waals surface area contributed by atoms with Gasteiger partial charge < -0.3 is 10.2 Å². The van der Waals surface area contributed by atoms with Gasteiger partial charge in [0.05, 0.1) is 0 Å². The lowest BCUT2D eigenvalue weighted by Gasteiger charge is -2.30. The number of amides is 1. The molecule has 1 N–H and O–H groups in total. The Hall–Kier alpha value is -1.20. The van der Waals surface area contributed by atoms with E-state index in [0.717, 1.165) is 38.4 Å². The molecule has 0 saturated carbocycles. The quantitative estimate of drug-likeness (QED) is 0.914. The van der Waals surface area contributed by atoms with E-state index in [0.29, 0.717) is 36.4 Å². The highest BCUT2D eigenvalue weighted by Gasteiger charge is 2.25. The molecular weight excluding hydrogens is 322 g/mol. The van der Waals surface area contributed by atoms with Crippen molar-refractivity contribution in [1.29, 1.82) is 0 Å². The Morgan fingerprint density at radius 3 is 2.52 bits per heavy atom. The summed E-state index contributed by atoms with van der Waals surface area (Å²) in [6, 6.07) is 2.32. The third-order valence-electron chi connectivity index (χ3n) is 4.88. The fraction of sp³-hybridized carbons (Fsp3) is 0.588. The number of halogens is 3. The highest BCUT2D eigenvalue weighted by atomic mass is 35.5. The minimum absolute atomic E-state index is 0. The van der Waals surface area contributed by atoms with Crippen LogP contribution >= 0.6 is 12.4 Å². The van der Waals surface area contributed by atoms with Crippen LogP contribution in [0.2, 0.25) is 0 Å². The van der Waals surface area contributed by atoms with Crippen LogP contribution in [0.4, 0.5) is 8.78 Å². The number of benzene rings is 1. The first-order chi connectivity index (χ1) is 10.6. The van der Waals surface area contributed by atoms with Crippen molar-refractivity contribution in [2.45, 2.75) is 38.6 Å². The summed E-state index contributed by atoms with van der Waals surface area (Å²) >= 11 is 0. The molecule has 0 aliphatic carbocycles. The first kappa shape index (κ1) is 18.1. The number of nitrogens with zero attached hydrogens (tertiary/aromatic N) is 1. The van der Waals surface area contributed by atoms with Crippen molar-refractivity contribution >= 4 is 18.3 Å². The number of fused-ring (bicyclic) bond motifs is 1.